The van der Waals surface area contributed by atoms with Gasteiger partial charge in [0.1, 0.15) is 0 Å². The van der Waals surface area contributed by atoms with E-state index in [4.69, 9.17) is 0 Å². The molecule has 0 saturated carbocycles. The van der Waals surface area contributed by atoms with Crippen LogP contribution in [0.3, 0.4) is 0 Å². The molecule has 0 spiro atoms. The Kier molecular flexibility index (Phi) is 4.58. The number of halogens is 3. The van der Waals surface area contributed by atoms with E-state index in [9.17, 15) is 18.0 Å². The number of hydrogen-bond donors (Lipinski definition) is 0. The van der Waals surface area contributed by atoms with Gasteiger partial charge in [-0.15, -0.1) is 0 Å². The highest BCUT2D eigenvalue weighted by molar-refractivity contribution is 5.88. The van der Waals surface area contributed by atoms with Crippen molar-refractivity contribution in [3.63, 3.8) is 0 Å². The molecule has 17 heavy (non-hydrogen) atoms. The second kappa shape index (κ2) is 5.38. The third-order valence-corrected chi connectivity index (χ3v) is 3.73. The lowest BCUT2D eigenvalue weighted by Crippen LogP contribution is -2.50. The Balaban J connectivity index is 2.62. The fraction of sp³-hybridized carbons (Fsp3) is 0.917. The highest BCUT2D eigenvalue weighted by atomic mass is 19.4. The van der Waals surface area contributed by atoms with Crippen LogP contribution in [0.5, 0.6) is 0 Å². The van der Waals surface area contributed by atoms with Crippen LogP contribution in [0, 0.1) is 0 Å². The maximum absolute atomic E-state index is 12.1. The van der Waals surface area contributed by atoms with Crippen LogP contribution in [0.1, 0.15) is 46.0 Å². The molecule has 0 N–H and O–H groups in total. The number of alkyl halides is 3. The van der Waals surface area contributed by atoms with Gasteiger partial charge in [-0.2, -0.15) is 13.2 Å². The van der Waals surface area contributed by atoms with Crippen molar-refractivity contribution >= 4 is 5.78 Å². The van der Waals surface area contributed by atoms with Crippen molar-refractivity contribution < 1.29 is 18.0 Å². The summed E-state index contributed by atoms with van der Waals surface area (Å²) in [5, 5.41) is 0. The Bertz CT molecular complexity index is 271. The van der Waals surface area contributed by atoms with Crippen LogP contribution < -0.4 is 0 Å². The summed E-state index contributed by atoms with van der Waals surface area (Å²) in [6.45, 7) is 5.28. The van der Waals surface area contributed by atoms with Gasteiger partial charge in [-0.3, -0.25) is 9.69 Å². The SMILES string of the molecule is CCC(C)(C(=O)CCC(F)(F)F)N1CCCC1. The molecule has 1 heterocycles. The van der Waals surface area contributed by atoms with E-state index in [0.29, 0.717) is 6.42 Å². The number of hydrogen-bond acceptors (Lipinski definition) is 2. The van der Waals surface area contributed by atoms with Crippen LogP contribution in [-0.2, 0) is 4.79 Å². The van der Waals surface area contributed by atoms with E-state index < -0.39 is 24.6 Å². The zero-order chi connectivity index (χ0) is 13.1. The first-order valence-corrected chi connectivity index (χ1v) is 6.14. The predicted octanol–water partition coefficient (Wildman–Crippen LogP) is 3.16. The Morgan fingerprint density at radius 3 is 2.18 bits per heavy atom. The number of ketones is 1. The molecule has 2 nitrogen and oxygen atoms in total. The van der Waals surface area contributed by atoms with Crippen LogP contribution in [0.4, 0.5) is 13.2 Å². The average molecular weight is 251 g/mol. The Morgan fingerprint density at radius 2 is 1.76 bits per heavy atom. The molecule has 100 valence electrons. The summed E-state index contributed by atoms with van der Waals surface area (Å²) < 4.78 is 36.4. The van der Waals surface area contributed by atoms with Crippen molar-refractivity contribution in [3.05, 3.63) is 0 Å². The average Bonchev–Trinajstić information content (AvgIpc) is 2.77. The van der Waals surface area contributed by atoms with Gasteiger partial charge >= 0.3 is 6.18 Å². The molecule has 0 aromatic rings. The van der Waals surface area contributed by atoms with Crippen LogP contribution in [-0.4, -0.2) is 35.5 Å². The van der Waals surface area contributed by atoms with E-state index in [1.807, 2.05) is 11.8 Å². The molecule has 0 bridgehead atoms. The Morgan fingerprint density at radius 1 is 1.24 bits per heavy atom. The quantitative estimate of drug-likeness (QED) is 0.748. The number of rotatable bonds is 5. The molecule has 0 aromatic heterocycles. The topological polar surface area (TPSA) is 20.3 Å². The number of nitrogens with zero attached hydrogens (tertiary/aromatic N) is 1. The van der Waals surface area contributed by atoms with Gasteiger partial charge in [0, 0.05) is 6.42 Å². The lowest BCUT2D eigenvalue weighted by Gasteiger charge is -2.36. The first-order valence-electron chi connectivity index (χ1n) is 6.14. The third-order valence-electron chi connectivity index (χ3n) is 3.73. The third kappa shape index (κ3) is 3.69. The van der Waals surface area contributed by atoms with Crippen molar-refractivity contribution in [1.82, 2.24) is 4.90 Å². The van der Waals surface area contributed by atoms with Gasteiger partial charge in [-0.05, 0) is 39.3 Å². The van der Waals surface area contributed by atoms with Gasteiger partial charge in [0.05, 0.1) is 12.0 Å². The summed E-state index contributed by atoms with van der Waals surface area (Å²) >= 11 is 0. The van der Waals surface area contributed by atoms with Crippen molar-refractivity contribution in [2.45, 2.75) is 57.7 Å². The zero-order valence-corrected chi connectivity index (χ0v) is 10.4. The van der Waals surface area contributed by atoms with Crippen molar-refractivity contribution in [2.75, 3.05) is 13.1 Å². The lowest BCUT2D eigenvalue weighted by atomic mass is 9.88. The van der Waals surface area contributed by atoms with E-state index in [0.717, 1.165) is 25.9 Å². The summed E-state index contributed by atoms with van der Waals surface area (Å²) in [5.41, 5.74) is -0.707. The highest BCUT2D eigenvalue weighted by Gasteiger charge is 2.40. The maximum atomic E-state index is 12.1. The lowest BCUT2D eigenvalue weighted by molar-refractivity contribution is -0.148. The molecule has 5 heteroatoms. The van der Waals surface area contributed by atoms with Crippen molar-refractivity contribution in [3.8, 4) is 0 Å². The molecule has 0 radical (unpaired) electrons. The first kappa shape index (κ1) is 14.5. The van der Waals surface area contributed by atoms with Crippen LogP contribution >= 0.6 is 0 Å². The summed E-state index contributed by atoms with van der Waals surface area (Å²) in [7, 11) is 0. The van der Waals surface area contributed by atoms with Crippen LogP contribution in [0.25, 0.3) is 0 Å². The summed E-state index contributed by atoms with van der Waals surface area (Å²) in [4.78, 5) is 14.0. The predicted molar refractivity (Wildman–Crippen MR) is 59.8 cm³/mol. The molecule has 1 fully saturated rings. The summed E-state index contributed by atoms with van der Waals surface area (Å²) in [6.07, 6.45) is -3.01. The number of carbonyl (C=O) groups is 1. The second-order valence-electron chi connectivity index (χ2n) is 4.86. The fourth-order valence-corrected chi connectivity index (χ4v) is 2.33. The summed E-state index contributed by atoms with van der Waals surface area (Å²) in [6, 6.07) is 0. The number of Topliss-reactive ketones (excluding diaryl/α,β-unsaturated/α-hetero) is 1. The van der Waals surface area contributed by atoms with Crippen molar-refractivity contribution in [1.29, 1.82) is 0 Å². The molecule has 1 saturated heterocycles. The Labute approximate surface area is 100 Å². The highest BCUT2D eigenvalue weighted by Crippen LogP contribution is 2.29. The fourth-order valence-electron chi connectivity index (χ4n) is 2.33. The van der Waals surface area contributed by atoms with Gasteiger partial charge in [0.15, 0.2) is 5.78 Å². The van der Waals surface area contributed by atoms with E-state index in [1.165, 1.54) is 0 Å². The largest absolute Gasteiger partial charge is 0.389 e. The van der Waals surface area contributed by atoms with Gasteiger partial charge in [-0.25, -0.2) is 0 Å². The smallest absolute Gasteiger partial charge is 0.298 e. The second-order valence-corrected chi connectivity index (χ2v) is 4.86. The Hall–Kier alpha value is -0.580. The molecule has 0 amide bonds. The van der Waals surface area contributed by atoms with Crippen molar-refractivity contribution in [2.24, 2.45) is 0 Å². The zero-order valence-electron chi connectivity index (χ0n) is 10.4. The normalized spacial score (nSPS) is 21.5. The van der Waals surface area contributed by atoms with Crippen LogP contribution in [0.15, 0.2) is 0 Å². The number of likely N-dealkylation sites (tertiary alicyclic amines) is 1. The first-order chi connectivity index (χ1) is 7.79. The molecule has 0 aromatic carbocycles. The van der Waals surface area contributed by atoms with Crippen LogP contribution in [0.2, 0.25) is 0 Å². The standard InChI is InChI=1S/C12H20F3NO/c1-3-11(2,16-8-4-5-9-16)10(17)6-7-12(13,14)15/h3-9H2,1-2H3. The van der Waals surface area contributed by atoms with Gasteiger partial charge in [0.25, 0.3) is 0 Å². The van der Waals surface area contributed by atoms with E-state index in [1.54, 1.807) is 6.92 Å². The molecular weight excluding hydrogens is 231 g/mol. The number of carbonyl (C=O) groups excluding carboxylic acids is 1. The molecule has 1 aliphatic rings. The monoisotopic (exact) mass is 251 g/mol. The van der Waals surface area contributed by atoms with E-state index in [2.05, 4.69) is 0 Å². The maximum Gasteiger partial charge on any atom is 0.389 e. The minimum atomic E-state index is -4.24. The minimum Gasteiger partial charge on any atom is -0.298 e. The molecule has 1 unspecified atom stereocenters. The molecular formula is C12H20F3NO. The van der Waals surface area contributed by atoms with Gasteiger partial charge < -0.3 is 0 Å². The molecule has 1 aliphatic heterocycles. The minimum absolute atomic E-state index is 0.278. The summed E-state index contributed by atoms with van der Waals surface area (Å²) in [5.74, 6) is -0.278. The van der Waals surface area contributed by atoms with Gasteiger partial charge in [-0.1, -0.05) is 6.92 Å². The van der Waals surface area contributed by atoms with Gasteiger partial charge in [0.2, 0.25) is 0 Å². The van der Waals surface area contributed by atoms with E-state index in [-0.39, 0.29) is 5.78 Å². The van der Waals surface area contributed by atoms with E-state index >= 15 is 0 Å². The molecule has 1 atom stereocenters. The molecule has 1 rings (SSSR count). The molecule has 0 aliphatic carbocycles.